The molecule has 0 aliphatic rings. The molecule has 0 aromatic carbocycles. The first-order valence-electron chi connectivity index (χ1n) is 5.23. The Labute approximate surface area is 111 Å². The van der Waals surface area contributed by atoms with Crippen molar-refractivity contribution in [2.24, 2.45) is 0 Å². The zero-order valence-electron chi connectivity index (χ0n) is 9.62. The average Bonchev–Trinajstić information content (AvgIpc) is 2.31. The van der Waals surface area contributed by atoms with E-state index in [1.165, 1.54) is 12.3 Å². The van der Waals surface area contributed by atoms with E-state index in [2.05, 4.69) is 11.6 Å². The number of rotatable bonds is 5. The molecule has 1 aromatic heterocycles. The maximum absolute atomic E-state index is 12.0. The number of carbonyl (C=O) groups excluding carboxylic acids is 1. The molecule has 1 aromatic rings. The van der Waals surface area contributed by atoms with Gasteiger partial charge in [-0.15, -0.1) is 6.58 Å². The van der Waals surface area contributed by atoms with E-state index >= 15 is 0 Å². The van der Waals surface area contributed by atoms with E-state index in [0.717, 1.165) is 12.8 Å². The van der Waals surface area contributed by atoms with E-state index in [0.29, 0.717) is 17.1 Å². The Morgan fingerprint density at radius 2 is 2.29 bits per heavy atom. The van der Waals surface area contributed by atoms with Gasteiger partial charge in [-0.3, -0.25) is 4.79 Å². The highest BCUT2D eigenvalue weighted by Gasteiger charge is 2.15. The highest BCUT2D eigenvalue weighted by atomic mass is 35.5. The number of aromatic nitrogens is 1. The molecule has 0 N–H and O–H groups in total. The molecule has 0 spiro atoms. The van der Waals surface area contributed by atoms with E-state index < -0.39 is 0 Å². The second kappa shape index (κ2) is 6.62. The van der Waals surface area contributed by atoms with Crippen LogP contribution in [0.1, 0.15) is 23.2 Å². The van der Waals surface area contributed by atoms with Gasteiger partial charge in [-0.2, -0.15) is 0 Å². The third kappa shape index (κ3) is 4.02. The Hall–Kier alpha value is -1.06. The molecule has 0 unspecified atom stereocenters. The summed E-state index contributed by atoms with van der Waals surface area (Å²) in [6.07, 6.45) is 4.97. The van der Waals surface area contributed by atoms with Gasteiger partial charge in [0.2, 0.25) is 0 Å². The van der Waals surface area contributed by atoms with Gasteiger partial charge in [0.05, 0.1) is 10.6 Å². The third-order valence-electron chi connectivity index (χ3n) is 2.30. The molecule has 5 heteroatoms. The highest BCUT2D eigenvalue weighted by Crippen LogP contribution is 2.19. The number of allylic oxidation sites excluding steroid dienone is 1. The van der Waals surface area contributed by atoms with Crippen molar-refractivity contribution in [3.63, 3.8) is 0 Å². The summed E-state index contributed by atoms with van der Waals surface area (Å²) >= 11 is 11.7. The van der Waals surface area contributed by atoms with Crippen molar-refractivity contribution in [2.75, 3.05) is 13.6 Å². The van der Waals surface area contributed by atoms with Crippen molar-refractivity contribution in [3.05, 3.63) is 40.7 Å². The van der Waals surface area contributed by atoms with Crippen LogP contribution in [0.3, 0.4) is 0 Å². The van der Waals surface area contributed by atoms with Crippen LogP contribution in [0.2, 0.25) is 10.2 Å². The molecule has 1 amide bonds. The molecule has 0 saturated carbocycles. The minimum absolute atomic E-state index is 0.150. The Balaban J connectivity index is 2.74. The normalized spacial score (nSPS) is 10.1. The molecule has 0 bridgehead atoms. The summed E-state index contributed by atoms with van der Waals surface area (Å²) in [6.45, 7) is 4.29. The lowest BCUT2D eigenvalue weighted by Gasteiger charge is -2.17. The third-order valence-corrected chi connectivity index (χ3v) is 2.81. The number of halogens is 2. The van der Waals surface area contributed by atoms with Crippen LogP contribution >= 0.6 is 23.2 Å². The zero-order chi connectivity index (χ0) is 12.8. The van der Waals surface area contributed by atoms with Crippen molar-refractivity contribution < 1.29 is 4.79 Å². The minimum atomic E-state index is -0.150. The van der Waals surface area contributed by atoms with Crippen molar-refractivity contribution in [3.8, 4) is 0 Å². The van der Waals surface area contributed by atoms with E-state index in [-0.39, 0.29) is 11.1 Å². The van der Waals surface area contributed by atoms with Gasteiger partial charge in [0.15, 0.2) is 0 Å². The van der Waals surface area contributed by atoms with E-state index in [9.17, 15) is 4.79 Å². The monoisotopic (exact) mass is 272 g/mol. The maximum atomic E-state index is 12.0. The van der Waals surface area contributed by atoms with Crippen LogP contribution in [0.15, 0.2) is 24.9 Å². The number of hydrogen-bond donors (Lipinski definition) is 0. The summed E-state index contributed by atoms with van der Waals surface area (Å²) in [5.41, 5.74) is 0.382. The fraction of sp³-hybridized carbons (Fsp3) is 0.333. The number of hydrogen-bond acceptors (Lipinski definition) is 2. The molecule has 0 aliphatic heterocycles. The Bertz CT molecular complexity index is 421. The van der Waals surface area contributed by atoms with E-state index in [1.54, 1.807) is 11.9 Å². The van der Waals surface area contributed by atoms with Crippen molar-refractivity contribution >= 4 is 29.1 Å². The molecule has 3 nitrogen and oxygen atoms in total. The molecular formula is C12H14Cl2N2O. The number of unbranched alkanes of at least 4 members (excludes halogenated alkanes) is 1. The van der Waals surface area contributed by atoms with Gasteiger partial charge in [-0.05, 0) is 18.9 Å². The summed E-state index contributed by atoms with van der Waals surface area (Å²) in [4.78, 5) is 17.5. The van der Waals surface area contributed by atoms with Gasteiger partial charge in [0.25, 0.3) is 5.91 Å². The van der Waals surface area contributed by atoms with Crippen LogP contribution in [-0.2, 0) is 0 Å². The molecule has 0 radical (unpaired) electrons. The van der Waals surface area contributed by atoms with Crippen molar-refractivity contribution in [1.29, 1.82) is 0 Å². The molecule has 0 aliphatic carbocycles. The molecule has 1 heterocycles. The Morgan fingerprint density at radius 3 is 2.94 bits per heavy atom. The fourth-order valence-electron chi connectivity index (χ4n) is 1.36. The number of carbonyl (C=O) groups is 1. The van der Waals surface area contributed by atoms with Gasteiger partial charge in [-0.25, -0.2) is 4.98 Å². The van der Waals surface area contributed by atoms with Gasteiger partial charge < -0.3 is 4.90 Å². The highest BCUT2D eigenvalue weighted by molar-refractivity contribution is 6.35. The maximum Gasteiger partial charge on any atom is 0.255 e. The summed E-state index contributed by atoms with van der Waals surface area (Å²) in [5.74, 6) is -0.150. The second-order valence-corrected chi connectivity index (χ2v) is 4.44. The van der Waals surface area contributed by atoms with Gasteiger partial charge in [0.1, 0.15) is 5.15 Å². The SMILES string of the molecule is C=CCCCN(C)C(=O)c1cc(Cl)ncc1Cl. The zero-order valence-corrected chi connectivity index (χ0v) is 11.1. The number of pyridine rings is 1. The fourth-order valence-corrected chi connectivity index (χ4v) is 1.70. The topological polar surface area (TPSA) is 33.2 Å². The predicted octanol–water partition coefficient (Wildman–Crippen LogP) is 3.43. The summed E-state index contributed by atoms with van der Waals surface area (Å²) in [7, 11) is 1.73. The van der Waals surface area contributed by atoms with Crippen LogP contribution in [0, 0.1) is 0 Å². The molecule has 1 rings (SSSR count). The number of nitrogens with zero attached hydrogens (tertiary/aromatic N) is 2. The van der Waals surface area contributed by atoms with Crippen LogP contribution in [0.5, 0.6) is 0 Å². The lowest BCUT2D eigenvalue weighted by atomic mass is 10.2. The Kier molecular flexibility index (Phi) is 5.45. The van der Waals surface area contributed by atoms with Crippen LogP contribution in [0.25, 0.3) is 0 Å². The van der Waals surface area contributed by atoms with E-state index in [1.807, 2.05) is 6.08 Å². The molecule has 0 fully saturated rings. The first-order chi connectivity index (χ1) is 8.06. The molecular weight excluding hydrogens is 259 g/mol. The summed E-state index contributed by atoms with van der Waals surface area (Å²) < 4.78 is 0. The molecule has 92 valence electrons. The quantitative estimate of drug-likeness (QED) is 0.468. The van der Waals surface area contributed by atoms with Crippen LogP contribution in [-0.4, -0.2) is 29.4 Å². The lowest BCUT2D eigenvalue weighted by molar-refractivity contribution is 0.0794. The average molecular weight is 273 g/mol. The smallest absolute Gasteiger partial charge is 0.255 e. The first-order valence-corrected chi connectivity index (χ1v) is 5.99. The van der Waals surface area contributed by atoms with Crippen LogP contribution < -0.4 is 0 Å². The molecule has 0 saturated heterocycles. The molecule has 17 heavy (non-hydrogen) atoms. The number of amides is 1. The Morgan fingerprint density at radius 1 is 1.59 bits per heavy atom. The van der Waals surface area contributed by atoms with E-state index in [4.69, 9.17) is 23.2 Å². The van der Waals surface area contributed by atoms with Gasteiger partial charge >= 0.3 is 0 Å². The van der Waals surface area contributed by atoms with Crippen LogP contribution in [0.4, 0.5) is 0 Å². The molecule has 0 atom stereocenters. The van der Waals surface area contributed by atoms with Gasteiger partial charge in [-0.1, -0.05) is 29.3 Å². The van der Waals surface area contributed by atoms with Crippen molar-refractivity contribution in [2.45, 2.75) is 12.8 Å². The summed E-state index contributed by atoms with van der Waals surface area (Å²) in [6, 6.07) is 1.48. The largest absolute Gasteiger partial charge is 0.342 e. The second-order valence-electron chi connectivity index (χ2n) is 3.64. The predicted molar refractivity (Wildman–Crippen MR) is 70.6 cm³/mol. The van der Waals surface area contributed by atoms with Gasteiger partial charge in [0, 0.05) is 19.8 Å². The first kappa shape index (κ1) is 14.0. The minimum Gasteiger partial charge on any atom is -0.342 e. The van der Waals surface area contributed by atoms with Crippen molar-refractivity contribution in [1.82, 2.24) is 9.88 Å². The standard InChI is InChI=1S/C12H14Cl2N2O/c1-3-4-5-6-16(2)12(17)9-7-11(14)15-8-10(9)13/h3,7-8H,1,4-6H2,2H3. The lowest BCUT2D eigenvalue weighted by Crippen LogP contribution is -2.28. The summed E-state index contributed by atoms with van der Waals surface area (Å²) in [5, 5.41) is 0.576.